The summed E-state index contributed by atoms with van der Waals surface area (Å²) in [4.78, 5) is 4.43. The van der Waals surface area contributed by atoms with Crippen molar-refractivity contribution < 1.29 is 13.9 Å². The van der Waals surface area contributed by atoms with E-state index in [1.165, 1.54) is 12.8 Å². The van der Waals surface area contributed by atoms with Crippen LogP contribution >= 0.6 is 0 Å². The molecule has 1 atom stereocenters. The Bertz CT molecular complexity index is 628. The lowest BCUT2D eigenvalue weighted by Gasteiger charge is -2.11. The summed E-state index contributed by atoms with van der Waals surface area (Å²) in [6.07, 6.45) is 7.85. The summed E-state index contributed by atoms with van der Waals surface area (Å²) in [5.74, 6) is 1.49. The molecule has 0 radical (unpaired) electrons. The lowest BCUT2D eigenvalue weighted by atomic mass is 10.1. The molecule has 0 aliphatic rings. The topological polar surface area (TPSA) is 31.4 Å². The second-order valence-corrected chi connectivity index (χ2v) is 6.86. The molecule has 0 bridgehead atoms. The largest absolute Gasteiger partial charge is 0.494 e. The highest BCUT2D eigenvalue weighted by atomic mass is 19.1. The summed E-state index contributed by atoms with van der Waals surface area (Å²) < 4.78 is 25.0. The number of hydrogen-bond donors (Lipinski definition) is 0. The van der Waals surface area contributed by atoms with Gasteiger partial charge in [0.25, 0.3) is 0 Å². The summed E-state index contributed by atoms with van der Waals surface area (Å²) in [6.45, 7) is 5.15. The molecule has 1 unspecified atom stereocenters. The van der Waals surface area contributed by atoms with E-state index in [9.17, 15) is 4.39 Å². The Labute approximate surface area is 162 Å². The highest BCUT2D eigenvalue weighted by Crippen LogP contribution is 2.23. The number of benzene rings is 1. The molecule has 0 spiro atoms. The molecule has 148 valence electrons. The average Bonchev–Trinajstić information content (AvgIpc) is 2.71. The molecular formula is C23H32FNO2. The Balaban J connectivity index is 1.80. The van der Waals surface area contributed by atoms with Crippen molar-refractivity contribution in [2.75, 3.05) is 13.2 Å². The SMILES string of the molecule is CCCCCOc1ccc(-c2ccc(OCC(F)CCCCC)cn2)cc1. The van der Waals surface area contributed by atoms with Crippen LogP contribution in [0, 0.1) is 0 Å². The van der Waals surface area contributed by atoms with Gasteiger partial charge in [-0.15, -0.1) is 0 Å². The van der Waals surface area contributed by atoms with Crippen LogP contribution in [0.15, 0.2) is 42.6 Å². The van der Waals surface area contributed by atoms with Crippen molar-refractivity contribution in [2.24, 2.45) is 0 Å². The molecule has 0 saturated heterocycles. The molecule has 4 heteroatoms. The van der Waals surface area contributed by atoms with Crippen LogP contribution in [0.3, 0.4) is 0 Å². The van der Waals surface area contributed by atoms with Crippen LogP contribution in [0.25, 0.3) is 11.3 Å². The van der Waals surface area contributed by atoms with Gasteiger partial charge in [-0.1, -0.05) is 46.0 Å². The Kier molecular flexibility index (Phi) is 9.67. The van der Waals surface area contributed by atoms with Gasteiger partial charge in [0.1, 0.15) is 24.3 Å². The third-order valence-electron chi connectivity index (χ3n) is 4.45. The van der Waals surface area contributed by atoms with Gasteiger partial charge in [0.2, 0.25) is 0 Å². The minimum Gasteiger partial charge on any atom is -0.494 e. The molecule has 0 N–H and O–H groups in total. The molecule has 0 aliphatic carbocycles. The van der Waals surface area contributed by atoms with Crippen molar-refractivity contribution in [1.82, 2.24) is 4.98 Å². The van der Waals surface area contributed by atoms with Gasteiger partial charge in [0.05, 0.1) is 18.5 Å². The fourth-order valence-electron chi connectivity index (χ4n) is 2.79. The van der Waals surface area contributed by atoms with Crippen LogP contribution in [-0.4, -0.2) is 24.4 Å². The molecule has 2 rings (SSSR count). The molecule has 0 fully saturated rings. The predicted octanol–water partition coefficient (Wildman–Crippen LogP) is 6.61. The van der Waals surface area contributed by atoms with Gasteiger partial charge in [-0.05, 0) is 49.2 Å². The molecule has 1 heterocycles. The minimum atomic E-state index is -0.916. The number of unbranched alkanes of at least 4 members (excludes halogenated alkanes) is 4. The molecule has 1 aromatic carbocycles. The maximum atomic E-state index is 13.8. The molecule has 0 saturated carbocycles. The highest BCUT2D eigenvalue weighted by molar-refractivity contribution is 5.60. The zero-order chi connectivity index (χ0) is 19.3. The van der Waals surface area contributed by atoms with Crippen LogP contribution in [0.5, 0.6) is 11.5 Å². The second kappa shape index (κ2) is 12.3. The fraction of sp³-hybridized carbons (Fsp3) is 0.522. The van der Waals surface area contributed by atoms with Gasteiger partial charge in [0.15, 0.2) is 0 Å². The predicted molar refractivity (Wildman–Crippen MR) is 109 cm³/mol. The van der Waals surface area contributed by atoms with E-state index >= 15 is 0 Å². The first-order chi connectivity index (χ1) is 13.2. The first-order valence-electron chi connectivity index (χ1n) is 10.2. The minimum absolute atomic E-state index is 0.0921. The van der Waals surface area contributed by atoms with E-state index in [4.69, 9.17) is 9.47 Å². The van der Waals surface area contributed by atoms with Crippen molar-refractivity contribution in [1.29, 1.82) is 0 Å². The zero-order valence-electron chi connectivity index (χ0n) is 16.6. The zero-order valence-corrected chi connectivity index (χ0v) is 16.6. The Hall–Kier alpha value is -2.10. The van der Waals surface area contributed by atoms with E-state index in [0.29, 0.717) is 12.2 Å². The van der Waals surface area contributed by atoms with E-state index in [-0.39, 0.29) is 6.61 Å². The Morgan fingerprint density at radius 1 is 0.852 bits per heavy atom. The molecule has 0 aliphatic heterocycles. The quantitative estimate of drug-likeness (QED) is 0.370. The number of halogens is 1. The van der Waals surface area contributed by atoms with E-state index < -0.39 is 6.17 Å². The maximum absolute atomic E-state index is 13.8. The Morgan fingerprint density at radius 3 is 2.22 bits per heavy atom. The number of pyridine rings is 1. The third-order valence-corrected chi connectivity index (χ3v) is 4.45. The number of alkyl halides is 1. The Morgan fingerprint density at radius 2 is 1.56 bits per heavy atom. The smallest absolute Gasteiger partial charge is 0.137 e. The number of nitrogens with zero attached hydrogens (tertiary/aromatic N) is 1. The summed E-state index contributed by atoms with van der Waals surface area (Å²) in [5.41, 5.74) is 1.88. The lowest BCUT2D eigenvalue weighted by molar-refractivity contribution is 0.183. The van der Waals surface area contributed by atoms with Gasteiger partial charge in [-0.3, -0.25) is 4.98 Å². The normalized spacial score (nSPS) is 12.0. The van der Waals surface area contributed by atoms with Crippen LogP contribution in [-0.2, 0) is 0 Å². The van der Waals surface area contributed by atoms with Crippen molar-refractivity contribution in [3.05, 3.63) is 42.6 Å². The number of hydrogen-bond acceptors (Lipinski definition) is 3. The van der Waals surface area contributed by atoms with E-state index in [2.05, 4.69) is 18.8 Å². The van der Waals surface area contributed by atoms with Crippen LogP contribution in [0.4, 0.5) is 4.39 Å². The maximum Gasteiger partial charge on any atom is 0.137 e. The molecule has 3 nitrogen and oxygen atoms in total. The monoisotopic (exact) mass is 373 g/mol. The van der Waals surface area contributed by atoms with E-state index in [1.807, 2.05) is 36.4 Å². The number of rotatable bonds is 13. The van der Waals surface area contributed by atoms with Gasteiger partial charge in [-0.25, -0.2) is 4.39 Å². The van der Waals surface area contributed by atoms with Crippen LogP contribution in [0.1, 0.15) is 58.8 Å². The van der Waals surface area contributed by atoms with Crippen molar-refractivity contribution in [2.45, 2.75) is 65.0 Å². The number of ether oxygens (including phenoxy) is 2. The van der Waals surface area contributed by atoms with Gasteiger partial charge in [-0.2, -0.15) is 0 Å². The second-order valence-electron chi connectivity index (χ2n) is 6.86. The van der Waals surface area contributed by atoms with E-state index in [0.717, 1.165) is 49.3 Å². The molecular weight excluding hydrogens is 341 g/mol. The molecule has 2 aromatic rings. The van der Waals surface area contributed by atoms with Crippen LogP contribution < -0.4 is 9.47 Å². The van der Waals surface area contributed by atoms with Crippen LogP contribution in [0.2, 0.25) is 0 Å². The van der Waals surface area contributed by atoms with Crippen molar-refractivity contribution in [3.8, 4) is 22.8 Å². The lowest BCUT2D eigenvalue weighted by Crippen LogP contribution is -2.12. The molecule has 0 amide bonds. The first-order valence-corrected chi connectivity index (χ1v) is 10.2. The summed E-state index contributed by atoms with van der Waals surface area (Å²) in [7, 11) is 0. The van der Waals surface area contributed by atoms with Gasteiger partial charge < -0.3 is 9.47 Å². The fourth-order valence-corrected chi connectivity index (χ4v) is 2.79. The highest BCUT2D eigenvalue weighted by Gasteiger charge is 2.08. The van der Waals surface area contributed by atoms with Gasteiger partial charge in [0, 0.05) is 5.56 Å². The van der Waals surface area contributed by atoms with Crippen molar-refractivity contribution >= 4 is 0 Å². The number of aromatic nitrogens is 1. The molecule has 1 aromatic heterocycles. The van der Waals surface area contributed by atoms with Crippen molar-refractivity contribution in [3.63, 3.8) is 0 Å². The molecule has 27 heavy (non-hydrogen) atoms. The van der Waals surface area contributed by atoms with E-state index in [1.54, 1.807) is 6.20 Å². The van der Waals surface area contributed by atoms with Gasteiger partial charge >= 0.3 is 0 Å². The summed E-state index contributed by atoms with van der Waals surface area (Å²) in [5, 5.41) is 0. The third kappa shape index (κ3) is 7.98. The summed E-state index contributed by atoms with van der Waals surface area (Å²) in [6, 6.07) is 11.7. The standard InChI is InChI=1S/C23H32FNO2/c1-3-5-7-9-20(24)18-27-22-14-15-23(25-17-22)19-10-12-21(13-11-19)26-16-8-6-4-2/h10-15,17,20H,3-9,16,18H2,1-2H3. The first kappa shape index (κ1) is 21.2. The average molecular weight is 374 g/mol. The summed E-state index contributed by atoms with van der Waals surface area (Å²) >= 11 is 0.